The molecule has 1 aliphatic heterocycles. The molecular weight excluding hydrogens is 557 g/mol. The molecule has 1 aliphatic rings. The highest BCUT2D eigenvalue weighted by atomic mass is 127. The van der Waals surface area contributed by atoms with E-state index in [1.54, 1.807) is 42.5 Å². The lowest BCUT2D eigenvalue weighted by Crippen LogP contribution is -2.10. The van der Waals surface area contributed by atoms with Gasteiger partial charge in [-0.05, 0) is 89.0 Å². The molecule has 1 heterocycles. The number of hydrogen-bond donors (Lipinski definition) is 0. The van der Waals surface area contributed by atoms with E-state index in [-0.39, 0.29) is 11.6 Å². The predicted octanol–water partition coefficient (Wildman–Crippen LogP) is 6.38. The second-order valence-corrected chi connectivity index (χ2v) is 9.29. The van der Waals surface area contributed by atoms with E-state index in [1.165, 1.54) is 5.56 Å². The molecule has 4 rings (SSSR count). The average molecular weight is 581 g/mol. The maximum absolute atomic E-state index is 12.6. The van der Waals surface area contributed by atoms with Crippen LogP contribution in [0.5, 0.6) is 11.5 Å². The Labute approximate surface area is 217 Å². The zero-order valence-electron chi connectivity index (χ0n) is 19.6. The molecule has 0 radical (unpaired) electrons. The largest absolute Gasteiger partial charge is 0.490 e. The molecule has 0 saturated carbocycles. The molecule has 0 N–H and O–H groups in total. The van der Waals surface area contributed by atoms with E-state index in [1.807, 2.05) is 37.3 Å². The smallest absolute Gasteiger partial charge is 0.363 e. The van der Waals surface area contributed by atoms with E-state index >= 15 is 0 Å². The summed E-state index contributed by atoms with van der Waals surface area (Å²) in [5.74, 6) is 0.393. The highest BCUT2D eigenvalue weighted by molar-refractivity contribution is 14.1. The molecule has 0 atom stereocenters. The molecule has 178 valence electrons. The topological polar surface area (TPSA) is 74.2 Å². The SMILES string of the molecule is CCOc1cc(/C=C2\N=C(c3ccc(C(C)C)cc3)OC2=O)cc(I)c1OC(=O)c1ccccc1. The van der Waals surface area contributed by atoms with Crippen LogP contribution in [0.1, 0.15) is 53.7 Å². The van der Waals surface area contributed by atoms with Crippen molar-refractivity contribution in [2.75, 3.05) is 6.61 Å². The minimum Gasteiger partial charge on any atom is -0.490 e. The third-order valence-corrected chi connectivity index (χ3v) is 6.09. The molecule has 0 fully saturated rings. The van der Waals surface area contributed by atoms with Crippen molar-refractivity contribution in [3.8, 4) is 11.5 Å². The molecular formula is C28H24INO5. The first kappa shape index (κ1) is 24.7. The van der Waals surface area contributed by atoms with Gasteiger partial charge in [0.25, 0.3) is 0 Å². The summed E-state index contributed by atoms with van der Waals surface area (Å²) in [4.78, 5) is 29.5. The maximum atomic E-state index is 12.6. The Morgan fingerprint density at radius 2 is 1.80 bits per heavy atom. The lowest BCUT2D eigenvalue weighted by Gasteiger charge is -2.13. The van der Waals surface area contributed by atoms with Gasteiger partial charge in [0, 0.05) is 5.56 Å². The van der Waals surface area contributed by atoms with Gasteiger partial charge in [-0.2, -0.15) is 0 Å². The van der Waals surface area contributed by atoms with Crippen LogP contribution in [0.4, 0.5) is 0 Å². The number of carbonyl (C=O) groups is 2. The molecule has 0 unspecified atom stereocenters. The molecule has 0 aliphatic carbocycles. The van der Waals surface area contributed by atoms with Crippen molar-refractivity contribution in [2.24, 2.45) is 4.99 Å². The number of ether oxygens (including phenoxy) is 3. The van der Waals surface area contributed by atoms with Crippen LogP contribution in [0.25, 0.3) is 6.08 Å². The van der Waals surface area contributed by atoms with Crippen LogP contribution in [0.3, 0.4) is 0 Å². The fraction of sp³-hybridized carbons (Fsp3) is 0.179. The third-order valence-electron chi connectivity index (χ3n) is 5.28. The van der Waals surface area contributed by atoms with Crippen LogP contribution >= 0.6 is 22.6 Å². The number of rotatable bonds is 7. The first-order valence-corrected chi connectivity index (χ1v) is 12.3. The average Bonchev–Trinajstić information content (AvgIpc) is 3.22. The molecule has 0 spiro atoms. The van der Waals surface area contributed by atoms with Gasteiger partial charge in [0.05, 0.1) is 15.7 Å². The predicted molar refractivity (Wildman–Crippen MR) is 143 cm³/mol. The van der Waals surface area contributed by atoms with Gasteiger partial charge in [-0.1, -0.05) is 44.2 Å². The first-order valence-electron chi connectivity index (χ1n) is 11.2. The van der Waals surface area contributed by atoms with Crippen molar-refractivity contribution in [1.82, 2.24) is 0 Å². The van der Waals surface area contributed by atoms with E-state index in [2.05, 4.69) is 41.4 Å². The second kappa shape index (κ2) is 10.9. The summed E-state index contributed by atoms with van der Waals surface area (Å²) >= 11 is 2.08. The van der Waals surface area contributed by atoms with Crippen molar-refractivity contribution in [3.63, 3.8) is 0 Å². The van der Waals surface area contributed by atoms with Crippen molar-refractivity contribution in [1.29, 1.82) is 0 Å². The summed E-state index contributed by atoms with van der Waals surface area (Å²) in [7, 11) is 0. The Kier molecular flexibility index (Phi) is 7.65. The molecule has 0 saturated heterocycles. The van der Waals surface area contributed by atoms with E-state index in [0.29, 0.717) is 38.7 Å². The minimum atomic E-state index is -0.527. The molecule has 3 aromatic carbocycles. The highest BCUT2D eigenvalue weighted by Gasteiger charge is 2.25. The van der Waals surface area contributed by atoms with Crippen LogP contribution in [-0.4, -0.2) is 24.4 Å². The van der Waals surface area contributed by atoms with Crippen molar-refractivity contribution >= 4 is 46.5 Å². The quantitative estimate of drug-likeness (QED) is 0.140. The van der Waals surface area contributed by atoms with Crippen LogP contribution < -0.4 is 9.47 Å². The number of halogens is 1. The standard InChI is InChI=1S/C28H24INO5/c1-4-33-24-16-18(14-22(29)25(24)34-27(31)21-8-6-5-7-9-21)15-23-28(32)35-26(30-23)20-12-10-19(11-13-20)17(2)3/h5-17H,4H2,1-3H3/b23-15-. The van der Waals surface area contributed by atoms with Crippen LogP contribution in [0.15, 0.2) is 77.4 Å². The zero-order chi connectivity index (χ0) is 24.9. The molecule has 6 nitrogen and oxygen atoms in total. The van der Waals surface area contributed by atoms with Gasteiger partial charge in [-0.25, -0.2) is 14.6 Å². The number of cyclic esters (lactones) is 1. The molecule has 0 amide bonds. The van der Waals surface area contributed by atoms with Crippen LogP contribution in [0, 0.1) is 3.57 Å². The molecule has 7 heteroatoms. The van der Waals surface area contributed by atoms with Gasteiger partial charge in [0.2, 0.25) is 5.90 Å². The Morgan fingerprint density at radius 3 is 2.46 bits per heavy atom. The molecule has 0 aromatic heterocycles. The van der Waals surface area contributed by atoms with Crippen molar-refractivity contribution in [3.05, 3.63) is 98.3 Å². The Balaban J connectivity index is 1.62. The summed E-state index contributed by atoms with van der Waals surface area (Å²) in [6.45, 7) is 6.46. The number of carbonyl (C=O) groups excluding carboxylic acids is 2. The molecule has 0 bridgehead atoms. The lowest BCUT2D eigenvalue weighted by atomic mass is 10.0. The second-order valence-electron chi connectivity index (χ2n) is 8.13. The van der Waals surface area contributed by atoms with Gasteiger partial charge < -0.3 is 14.2 Å². The molecule has 3 aromatic rings. The number of esters is 2. The fourth-order valence-corrected chi connectivity index (χ4v) is 4.20. The summed E-state index contributed by atoms with van der Waals surface area (Å²) < 4.78 is 17.5. The van der Waals surface area contributed by atoms with Crippen LogP contribution in [-0.2, 0) is 9.53 Å². The normalized spacial score (nSPS) is 14.1. The number of hydrogen-bond acceptors (Lipinski definition) is 6. The van der Waals surface area contributed by atoms with Gasteiger partial charge in [-0.3, -0.25) is 0 Å². The van der Waals surface area contributed by atoms with Gasteiger partial charge in [-0.15, -0.1) is 0 Å². The Hall–Kier alpha value is -3.46. The summed E-state index contributed by atoms with van der Waals surface area (Å²) in [6.07, 6.45) is 1.63. The van der Waals surface area contributed by atoms with E-state index in [9.17, 15) is 9.59 Å². The monoisotopic (exact) mass is 581 g/mol. The van der Waals surface area contributed by atoms with Gasteiger partial charge in [0.1, 0.15) is 0 Å². The summed E-state index contributed by atoms with van der Waals surface area (Å²) in [5.41, 5.74) is 3.22. The summed E-state index contributed by atoms with van der Waals surface area (Å²) in [5, 5.41) is 0. The third kappa shape index (κ3) is 5.79. The molecule has 35 heavy (non-hydrogen) atoms. The van der Waals surface area contributed by atoms with Gasteiger partial charge in [0.15, 0.2) is 17.2 Å². The van der Waals surface area contributed by atoms with E-state index in [4.69, 9.17) is 14.2 Å². The van der Waals surface area contributed by atoms with E-state index < -0.39 is 11.9 Å². The summed E-state index contributed by atoms with van der Waals surface area (Å²) in [6, 6.07) is 20.1. The van der Waals surface area contributed by atoms with Gasteiger partial charge >= 0.3 is 11.9 Å². The maximum Gasteiger partial charge on any atom is 0.363 e. The minimum absolute atomic E-state index is 0.181. The number of nitrogens with zero attached hydrogens (tertiary/aromatic N) is 1. The number of benzene rings is 3. The first-order chi connectivity index (χ1) is 16.9. The Bertz CT molecular complexity index is 1310. The van der Waals surface area contributed by atoms with E-state index in [0.717, 1.165) is 5.56 Å². The zero-order valence-corrected chi connectivity index (χ0v) is 21.7. The lowest BCUT2D eigenvalue weighted by molar-refractivity contribution is -0.129. The Morgan fingerprint density at radius 1 is 1.09 bits per heavy atom. The highest BCUT2D eigenvalue weighted by Crippen LogP contribution is 2.36. The van der Waals surface area contributed by atoms with Crippen LogP contribution in [0.2, 0.25) is 0 Å². The van der Waals surface area contributed by atoms with Crippen molar-refractivity contribution in [2.45, 2.75) is 26.7 Å². The van der Waals surface area contributed by atoms with Crippen molar-refractivity contribution < 1.29 is 23.8 Å². The fourth-order valence-electron chi connectivity index (χ4n) is 3.46. The number of aliphatic imine (C=N–C) groups is 1.